The number of hydrogen-bond acceptors (Lipinski definition) is 7. The van der Waals surface area contributed by atoms with E-state index < -0.39 is 6.04 Å². The van der Waals surface area contributed by atoms with Gasteiger partial charge in [-0.1, -0.05) is 0 Å². The van der Waals surface area contributed by atoms with Gasteiger partial charge >= 0.3 is 0 Å². The fourth-order valence-corrected chi connectivity index (χ4v) is 4.80. The number of carbonyl (C=O) groups is 2. The molecule has 0 saturated carbocycles. The van der Waals surface area contributed by atoms with Gasteiger partial charge in [-0.25, -0.2) is 0 Å². The van der Waals surface area contributed by atoms with E-state index in [4.69, 9.17) is 10.00 Å². The van der Waals surface area contributed by atoms with Crippen LogP contribution in [-0.2, 0) is 9.53 Å². The van der Waals surface area contributed by atoms with Gasteiger partial charge in [0.1, 0.15) is 6.04 Å². The van der Waals surface area contributed by atoms with Crippen LogP contribution in [0.25, 0.3) is 10.9 Å². The molecule has 0 bridgehead atoms. The largest absolute Gasteiger partial charge is 0.378 e. The maximum absolute atomic E-state index is 13.0. The maximum atomic E-state index is 13.0. The topological polar surface area (TPSA) is 98.6 Å². The highest BCUT2D eigenvalue weighted by atomic mass is 32.2. The van der Waals surface area contributed by atoms with Crippen LogP contribution in [0.3, 0.4) is 0 Å². The van der Waals surface area contributed by atoms with Gasteiger partial charge in [-0.15, -0.1) is 11.8 Å². The number of ether oxygens (including phenoxy) is 1. The van der Waals surface area contributed by atoms with Gasteiger partial charge in [0.25, 0.3) is 5.91 Å². The zero-order valence-corrected chi connectivity index (χ0v) is 17.6. The van der Waals surface area contributed by atoms with Crippen molar-refractivity contribution in [1.82, 2.24) is 15.2 Å². The van der Waals surface area contributed by atoms with Crippen molar-refractivity contribution < 1.29 is 14.3 Å². The zero-order valence-electron chi connectivity index (χ0n) is 16.8. The fourth-order valence-electron chi connectivity index (χ4n) is 3.70. The first-order valence-electron chi connectivity index (χ1n) is 9.86. The number of benzene rings is 1. The minimum absolute atomic E-state index is 0.135. The molecular formula is C21H23N5O3S. The summed E-state index contributed by atoms with van der Waals surface area (Å²) in [7, 11) is 0. The van der Waals surface area contributed by atoms with Crippen LogP contribution in [-0.4, -0.2) is 72.2 Å². The highest BCUT2D eigenvalue weighted by Gasteiger charge is 2.29. The zero-order chi connectivity index (χ0) is 21.1. The van der Waals surface area contributed by atoms with E-state index in [1.807, 2.05) is 25.1 Å². The van der Waals surface area contributed by atoms with Crippen LogP contribution >= 0.6 is 11.8 Å². The molecule has 30 heavy (non-hydrogen) atoms. The molecule has 2 aliphatic heterocycles. The average Bonchev–Trinajstić information content (AvgIpc) is 3.26. The Labute approximate surface area is 179 Å². The molecule has 1 aromatic heterocycles. The molecule has 4 rings (SSSR count). The Morgan fingerprint density at radius 3 is 2.90 bits per heavy atom. The van der Waals surface area contributed by atoms with E-state index in [1.165, 1.54) is 4.90 Å². The number of amides is 2. The number of hydrogen-bond donors (Lipinski definition) is 1. The van der Waals surface area contributed by atoms with Crippen LogP contribution in [0, 0.1) is 18.3 Å². The second-order valence-electron chi connectivity index (χ2n) is 7.30. The van der Waals surface area contributed by atoms with Crippen molar-refractivity contribution in [1.29, 1.82) is 5.26 Å². The molecule has 1 unspecified atom stereocenters. The SMILES string of the molecule is Cc1cc(C(=O)NCC(=O)N2CSCC2C#N)c2cc(N3CCOCC3)ccc2n1. The Balaban J connectivity index is 1.55. The lowest BCUT2D eigenvalue weighted by atomic mass is 10.1. The Bertz CT molecular complexity index is 1020. The molecule has 1 atom stereocenters. The molecule has 0 radical (unpaired) electrons. The summed E-state index contributed by atoms with van der Waals surface area (Å²) in [6, 6.07) is 9.36. The Hall–Kier alpha value is -2.83. The number of aromatic nitrogens is 1. The monoisotopic (exact) mass is 425 g/mol. The molecule has 2 amide bonds. The van der Waals surface area contributed by atoms with Crippen molar-refractivity contribution >= 4 is 40.2 Å². The van der Waals surface area contributed by atoms with Crippen molar-refractivity contribution in [3.05, 3.63) is 35.5 Å². The molecule has 0 aliphatic carbocycles. The molecule has 2 aliphatic rings. The standard InChI is InChI=1S/C21H23N5O3S/c1-14-8-18(21(28)23-11-20(27)26-13-30-12-16(26)10-22)17-9-15(2-3-19(17)24-14)25-4-6-29-7-5-25/h2-3,8-9,16H,4-7,11-13H2,1H3,(H,23,28). The van der Waals surface area contributed by atoms with Gasteiger partial charge in [0.15, 0.2) is 0 Å². The predicted molar refractivity (Wildman–Crippen MR) is 115 cm³/mol. The number of morpholine rings is 1. The van der Waals surface area contributed by atoms with Crippen molar-refractivity contribution in [2.45, 2.75) is 13.0 Å². The molecule has 156 valence electrons. The van der Waals surface area contributed by atoms with E-state index in [2.05, 4.69) is 21.3 Å². The number of nitrogens with one attached hydrogen (secondary N) is 1. The van der Waals surface area contributed by atoms with Gasteiger partial charge < -0.3 is 19.9 Å². The normalized spacial score (nSPS) is 19.0. The van der Waals surface area contributed by atoms with Gasteiger partial charge in [0, 0.05) is 35.6 Å². The summed E-state index contributed by atoms with van der Waals surface area (Å²) >= 11 is 1.54. The number of pyridine rings is 1. The number of carbonyl (C=O) groups excluding carboxylic acids is 2. The Morgan fingerprint density at radius 1 is 1.33 bits per heavy atom. The lowest BCUT2D eigenvalue weighted by Crippen LogP contribution is -2.42. The van der Waals surface area contributed by atoms with Gasteiger partial charge in [-0.05, 0) is 31.2 Å². The van der Waals surface area contributed by atoms with Crippen molar-refractivity contribution in [3.63, 3.8) is 0 Å². The van der Waals surface area contributed by atoms with Crippen LogP contribution < -0.4 is 10.2 Å². The Kier molecular flexibility index (Phi) is 6.06. The van der Waals surface area contributed by atoms with Crippen LogP contribution in [0.1, 0.15) is 16.1 Å². The second-order valence-corrected chi connectivity index (χ2v) is 8.30. The minimum atomic E-state index is -0.431. The van der Waals surface area contributed by atoms with Crippen molar-refractivity contribution in [2.24, 2.45) is 0 Å². The molecule has 0 spiro atoms. The number of nitriles is 1. The summed E-state index contributed by atoms with van der Waals surface area (Å²) in [5.41, 5.74) is 2.99. The average molecular weight is 426 g/mol. The van der Waals surface area contributed by atoms with Gasteiger partial charge in [0.05, 0.1) is 42.8 Å². The molecule has 3 heterocycles. The van der Waals surface area contributed by atoms with Crippen LogP contribution in [0.5, 0.6) is 0 Å². The summed E-state index contributed by atoms with van der Waals surface area (Å²) in [6.45, 7) is 4.67. The first kappa shape index (κ1) is 20.4. The minimum Gasteiger partial charge on any atom is -0.378 e. The first-order chi connectivity index (χ1) is 14.6. The van der Waals surface area contributed by atoms with E-state index in [-0.39, 0.29) is 18.4 Å². The molecule has 1 N–H and O–H groups in total. The fraction of sp³-hybridized carbons (Fsp3) is 0.429. The van der Waals surface area contributed by atoms with E-state index in [0.29, 0.717) is 30.4 Å². The third-order valence-corrected chi connectivity index (χ3v) is 6.31. The number of fused-ring (bicyclic) bond motifs is 1. The third kappa shape index (κ3) is 4.20. The Morgan fingerprint density at radius 2 is 2.13 bits per heavy atom. The van der Waals surface area contributed by atoms with E-state index in [1.54, 1.807) is 17.8 Å². The van der Waals surface area contributed by atoms with E-state index in [0.717, 1.165) is 35.4 Å². The molecular weight excluding hydrogens is 402 g/mol. The van der Waals surface area contributed by atoms with Crippen LogP contribution in [0.2, 0.25) is 0 Å². The number of nitrogens with zero attached hydrogens (tertiary/aromatic N) is 4. The van der Waals surface area contributed by atoms with Crippen molar-refractivity contribution in [2.75, 3.05) is 49.4 Å². The smallest absolute Gasteiger partial charge is 0.252 e. The number of aryl methyl sites for hydroxylation is 1. The third-order valence-electron chi connectivity index (χ3n) is 5.29. The van der Waals surface area contributed by atoms with E-state index >= 15 is 0 Å². The quantitative estimate of drug-likeness (QED) is 0.793. The van der Waals surface area contributed by atoms with E-state index in [9.17, 15) is 9.59 Å². The van der Waals surface area contributed by atoms with Gasteiger partial charge in [-0.2, -0.15) is 5.26 Å². The van der Waals surface area contributed by atoms with Crippen LogP contribution in [0.4, 0.5) is 5.69 Å². The lowest BCUT2D eigenvalue weighted by molar-refractivity contribution is -0.129. The first-order valence-corrected chi connectivity index (χ1v) is 11.0. The van der Waals surface area contributed by atoms with Crippen LogP contribution in [0.15, 0.2) is 24.3 Å². The number of anilines is 1. The molecule has 9 heteroatoms. The molecule has 2 saturated heterocycles. The van der Waals surface area contributed by atoms with Gasteiger partial charge in [-0.3, -0.25) is 14.6 Å². The van der Waals surface area contributed by atoms with Crippen molar-refractivity contribution in [3.8, 4) is 6.07 Å². The molecule has 1 aromatic carbocycles. The maximum Gasteiger partial charge on any atom is 0.252 e. The number of thioether (sulfide) groups is 1. The summed E-state index contributed by atoms with van der Waals surface area (Å²) in [4.78, 5) is 33.7. The molecule has 2 fully saturated rings. The number of rotatable bonds is 4. The molecule has 8 nitrogen and oxygen atoms in total. The second kappa shape index (κ2) is 8.90. The summed E-state index contributed by atoms with van der Waals surface area (Å²) in [6.07, 6.45) is 0. The summed E-state index contributed by atoms with van der Waals surface area (Å²) < 4.78 is 5.42. The van der Waals surface area contributed by atoms with Gasteiger partial charge in [0.2, 0.25) is 5.91 Å². The summed E-state index contributed by atoms with van der Waals surface area (Å²) in [5.74, 6) is 0.518. The highest BCUT2D eigenvalue weighted by Crippen LogP contribution is 2.26. The predicted octanol–water partition coefficient (Wildman–Crippen LogP) is 1.53. The molecule has 2 aromatic rings. The summed E-state index contributed by atoms with van der Waals surface area (Å²) in [5, 5.41) is 12.6. The highest BCUT2D eigenvalue weighted by molar-refractivity contribution is 7.99. The lowest BCUT2D eigenvalue weighted by Gasteiger charge is -2.29.